The Kier molecular flexibility index (Phi) is 4.79. The number of alkyl halides is 4. The summed E-state index contributed by atoms with van der Waals surface area (Å²) in [5.41, 5.74) is -2.91. The van der Waals surface area contributed by atoms with E-state index in [9.17, 15) is 31.9 Å². The molecule has 1 aromatic carbocycles. The van der Waals surface area contributed by atoms with Crippen LogP contribution in [0.4, 0.5) is 22.0 Å². The van der Waals surface area contributed by atoms with E-state index in [2.05, 4.69) is 4.74 Å². The molecule has 1 aliphatic carbocycles. The van der Waals surface area contributed by atoms with E-state index in [1.165, 1.54) is 0 Å². The fourth-order valence-electron chi connectivity index (χ4n) is 2.23. The second-order valence-corrected chi connectivity index (χ2v) is 5.24. The molecule has 1 amide bonds. The Morgan fingerprint density at radius 3 is 2.57 bits per heavy atom. The van der Waals surface area contributed by atoms with Crippen LogP contribution in [-0.2, 0) is 11.3 Å². The summed E-state index contributed by atoms with van der Waals surface area (Å²) in [6, 6.07) is 3.04. The lowest BCUT2D eigenvalue weighted by Crippen LogP contribution is -2.60. The molecular weight excluding hydrogens is 325 g/mol. The average Bonchev–Trinajstić information content (AvgIpc) is 2.43. The number of rotatable bonds is 6. The Morgan fingerprint density at radius 1 is 1.39 bits per heavy atom. The molecule has 0 heterocycles. The average molecular weight is 339 g/mol. The van der Waals surface area contributed by atoms with Crippen molar-refractivity contribution in [3.05, 3.63) is 29.6 Å². The number of carbonyl (C=O) groups excluding carboxylic acids is 1. The highest BCUT2D eigenvalue weighted by Crippen LogP contribution is 2.44. The number of carbonyl (C=O) groups is 1. The molecule has 0 saturated heterocycles. The van der Waals surface area contributed by atoms with E-state index in [-0.39, 0.29) is 12.8 Å². The Labute approximate surface area is 128 Å². The van der Waals surface area contributed by atoms with Gasteiger partial charge >= 0.3 is 12.5 Å². The number of hydrogen-bond acceptors (Lipinski definition) is 3. The smallest absolute Gasteiger partial charge is 0.387 e. The molecule has 4 nitrogen and oxygen atoms in total. The zero-order valence-corrected chi connectivity index (χ0v) is 11.8. The summed E-state index contributed by atoms with van der Waals surface area (Å²) in [7, 11) is 0. The topological polar surface area (TPSA) is 58.6 Å². The van der Waals surface area contributed by atoms with E-state index in [4.69, 9.17) is 0 Å². The maximum Gasteiger partial charge on any atom is 0.387 e. The van der Waals surface area contributed by atoms with Crippen molar-refractivity contribution in [3.8, 4) is 5.75 Å². The van der Waals surface area contributed by atoms with Crippen molar-refractivity contribution in [1.29, 1.82) is 0 Å². The number of ether oxygens (including phenoxy) is 1. The lowest BCUT2D eigenvalue weighted by Gasteiger charge is -2.41. The third-order valence-corrected chi connectivity index (χ3v) is 3.77. The van der Waals surface area contributed by atoms with Gasteiger partial charge in [0.05, 0.1) is 0 Å². The monoisotopic (exact) mass is 339 g/mol. The number of benzene rings is 1. The first-order chi connectivity index (χ1) is 10.7. The van der Waals surface area contributed by atoms with Gasteiger partial charge in [0.1, 0.15) is 17.2 Å². The van der Waals surface area contributed by atoms with Crippen molar-refractivity contribution in [2.24, 2.45) is 0 Å². The third kappa shape index (κ3) is 3.39. The van der Waals surface area contributed by atoms with Crippen molar-refractivity contribution in [2.75, 3.05) is 0 Å². The number of halogens is 5. The number of amides is 1. The van der Waals surface area contributed by atoms with Crippen LogP contribution < -0.4 is 10.1 Å². The maximum absolute atomic E-state index is 13.9. The summed E-state index contributed by atoms with van der Waals surface area (Å²) < 4.78 is 69.9. The molecule has 0 bridgehead atoms. The molecule has 23 heavy (non-hydrogen) atoms. The minimum atomic E-state index is -4.06. The number of nitrogens with one attached hydrogen (secondary N) is 1. The minimum absolute atomic E-state index is 0.229. The van der Waals surface area contributed by atoms with Crippen LogP contribution in [0, 0.1) is 5.82 Å². The van der Waals surface area contributed by atoms with E-state index < -0.39 is 47.7 Å². The van der Waals surface area contributed by atoms with Gasteiger partial charge in [0, 0.05) is 12.1 Å². The fourth-order valence-corrected chi connectivity index (χ4v) is 2.23. The summed E-state index contributed by atoms with van der Waals surface area (Å²) in [6.45, 7) is -4.01. The van der Waals surface area contributed by atoms with E-state index in [1.807, 2.05) is 0 Å². The van der Waals surface area contributed by atoms with Gasteiger partial charge in [0.15, 0.2) is 0 Å². The molecule has 2 rings (SSSR count). The second kappa shape index (κ2) is 6.31. The number of hydrogen-bond donors (Lipinski definition) is 2. The zero-order chi connectivity index (χ0) is 17.3. The Hall–Kier alpha value is -1.90. The van der Waals surface area contributed by atoms with Gasteiger partial charge in [-0.05, 0) is 31.4 Å². The van der Waals surface area contributed by atoms with E-state index in [0.29, 0.717) is 6.42 Å². The summed E-state index contributed by atoms with van der Waals surface area (Å²) in [4.78, 5) is 11.6. The molecule has 0 aliphatic heterocycles. The first-order valence-corrected chi connectivity index (χ1v) is 6.78. The predicted octanol–water partition coefficient (Wildman–Crippen LogP) is 2.59. The summed E-state index contributed by atoms with van der Waals surface area (Å²) in [5, 5.41) is 11.4. The van der Waals surface area contributed by atoms with Crippen LogP contribution in [0.1, 0.15) is 24.8 Å². The first kappa shape index (κ1) is 17.5. The number of aliphatic hydroxyl groups is 1. The molecule has 0 aromatic heterocycles. The van der Waals surface area contributed by atoms with E-state index >= 15 is 0 Å². The normalized spacial score (nSPS) is 16.8. The van der Waals surface area contributed by atoms with Gasteiger partial charge in [0.2, 0.25) is 0 Å². The molecule has 1 aliphatic rings. The standard InChI is InChI=1S/C14H14F5NO3/c15-9-3-1-4-10(23-12(16)17)8(9)7-20-11(21)14(18,19)13(22)5-2-6-13/h1,3-4,12,22H,2,5-7H2,(H,20,21). The zero-order valence-electron chi connectivity index (χ0n) is 11.8. The molecule has 128 valence electrons. The van der Waals surface area contributed by atoms with Crippen LogP contribution in [0.3, 0.4) is 0 Å². The lowest BCUT2D eigenvalue weighted by molar-refractivity contribution is -0.216. The molecule has 1 aromatic rings. The van der Waals surface area contributed by atoms with Gasteiger partial charge in [-0.1, -0.05) is 6.07 Å². The molecule has 1 fully saturated rings. The van der Waals surface area contributed by atoms with E-state index in [1.54, 1.807) is 5.32 Å². The molecule has 0 radical (unpaired) electrons. The van der Waals surface area contributed by atoms with Gasteiger partial charge in [-0.2, -0.15) is 17.6 Å². The Morgan fingerprint density at radius 2 is 2.04 bits per heavy atom. The second-order valence-electron chi connectivity index (χ2n) is 5.24. The highest BCUT2D eigenvalue weighted by Gasteiger charge is 2.61. The van der Waals surface area contributed by atoms with Crippen LogP contribution in [0.5, 0.6) is 5.75 Å². The summed E-state index contributed by atoms with van der Waals surface area (Å²) in [6.07, 6.45) is -0.0984. The summed E-state index contributed by atoms with van der Waals surface area (Å²) in [5.74, 6) is -7.41. The Balaban J connectivity index is 2.10. The van der Waals surface area contributed by atoms with Crippen molar-refractivity contribution in [2.45, 2.75) is 43.9 Å². The predicted molar refractivity (Wildman–Crippen MR) is 68.6 cm³/mol. The molecule has 0 atom stereocenters. The van der Waals surface area contributed by atoms with Crippen LogP contribution >= 0.6 is 0 Å². The van der Waals surface area contributed by atoms with Crippen molar-refractivity contribution >= 4 is 5.91 Å². The maximum atomic E-state index is 13.9. The molecule has 1 saturated carbocycles. The summed E-state index contributed by atoms with van der Waals surface area (Å²) >= 11 is 0. The highest BCUT2D eigenvalue weighted by molar-refractivity contribution is 5.85. The molecule has 0 unspecified atom stereocenters. The van der Waals surface area contributed by atoms with Crippen LogP contribution in [0.15, 0.2) is 18.2 Å². The van der Waals surface area contributed by atoms with Gasteiger partial charge in [-0.25, -0.2) is 4.39 Å². The quantitative estimate of drug-likeness (QED) is 0.784. The van der Waals surface area contributed by atoms with Gasteiger partial charge < -0.3 is 15.2 Å². The van der Waals surface area contributed by atoms with E-state index in [0.717, 1.165) is 18.2 Å². The van der Waals surface area contributed by atoms with Gasteiger partial charge in [0.25, 0.3) is 5.91 Å². The third-order valence-electron chi connectivity index (χ3n) is 3.77. The fraction of sp³-hybridized carbons (Fsp3) is 0.500. The van der Waals surface area contributed by atoms with Crippen LogP contribution in [0.2, 0.25) is 0 Å². The highest BCUT2D eigenvalue weighted by atomic mass is 19.3. The largest absolute Gasteiger partial charge is 0.434 e. The lowest BCUT2D eigenvalue weighted by atomic mass is 9.75. The van der Waals surface area contributed by atoms with Crippen molar-refractivity contribution < 1.29 is 36.6 Å². The molecule has 2 N–H and O–H groups in total. The SMILES string of the molecule is O=C(NCc1c(F)cccc1OC(F)F)C(F)(F)C1(O)CCC1. The van der Waals surface area contributed by atoms with Crippen LogP contribution in [0.25, 0.3) is 0 Å². The van der Waals surface area contributed by atoms with Crippen molar-refractivity contribution in [3.63, 3.8) is 0 Å². The molecule has 0 spiro atoms. The van der Waals surface area contributed by atoms with Crippen LogP contribution in [-0.4, -0.2) is 29.1 Å². The van der Waals surface area contributed by atoms with Gasteiger partial charge in [-0.15, -0.1) is 0 Å². The Bertz CT molecular complexity index is 590. The molecule has 9 heteroatoms. The van der Waals surface area contributed by atoms with Gasteiger partial charge in [-0.3, -0.25) is 4.79 Å². The molecular formula is C14H14F5NO3. The van der Waals surface area contributed by atoms with Crippen molar-refractivity contribution in [1.82, 2.24) is 5.32 Å². The first-order valence-electron chi connectivity index (χ1n) is 6.78. The minimum Gasteiger partial charge on any atom is -0.434 e.